The van der Waals surface area contributed by atoms with Gasteiger partial charge in [0.05, 0.1) is 33.3 Å². The zero-order valence-corrected chi connectivity index (χ0v) is 38.2. The summed E-state index contributed by atoms with van der Waals surface area (Å²) in [6, 6.07) is 94.7. The highest BCUT2D eigenvalue weighted by Crippen LogP contribution is 2.43. The Balaban J connectivity index is 0.939. The second-order valence-electron chi connectivity index (χ2n) is 18.3. The summed E-state index contributed by atoms with van der Waals surface area (Å²) in [5.41, 5.74) is 19.5. The topological polar surface area (TPSA) is 22.8 Å². The van der Waals surface area contributed by atoms with Crippen LogP contribution in [-0.2, 0) is 0 Å². The van der Waals surface area contributed by atoms with Gasteiger partial charge in [-0.1, -0.05) is 206 Å². The highest BCUT2D eigenvalue weighted by Gasteiger charge is 2.21. The molecule has 0 bridgehead atoms. The molecule has 0 amide bonds. The van der Waals surface area contributed by atoms with E-state index in [2.05, 4.69) is 270 Å². The van der Waals surface area contributed by atoms with Gasteiger partial charge in [-0.2, -0.15) is 0 Å². The highest BCUT2D eigenvalue weighted by molar-refractivity contribution is 6.29. The van der Waals surface area contributed by atoms with E-state index in [0.29, 0.717) is 0 Å². The third kappa shape index (κ3) is 6.47. The minimum absolute atomic E-state index is 0.975. The Morgan fingerprint density at radius 1 is 0.229 bits per heavy atom. The summed E-state index contributed by atoms with van der Waals surface area (Å²) >= 11 is 0. The molecule has 326 valence electrons. The van der Waals surface area contributed by atoms with Crippen LogP contribution in [0.2, 0.25) is 0 Å². The molecular formula is C67H43N3. The lowest BCUT2D eigenvalue weighted by molar-refractivity contribution is 1.18. The molecular weight excluding hydrogens is 847 g/mol. The third-order valence-corrected chi connectivity index (χ3v) is 14.3. The van der Waals surface area contributed by atoms with Crippen molar-refractivity contribution in [2.45, 2.75) is 0 Å². The molecule has 3 heterocycles. The summed E-state index contributed by atoms with van der Waals surface area (Å²) in [7, 11) is 0. The number of pyridine rings is 1. The quantitative estimate of drug-likeness (QED) is 0.146. The van der Waals surface area contributed by atoms with Crippen LogP contribution in [0.15, 0.2) is 261 Å². The van der Waals surface area contributed by atoms with Crippen molar-refractivity contribution in [3.63, 3.8) is 0 Å². The summed E-state index contributed by atoms with van der Waals surface area (Å²) in [5, 5.41) is 8.43. The van der Waals surface area contributed by atoms with Gasteiger partial charge in [-0.05, 0) is 99.1 Å². The van der Waals surface area contributed by atoms with Crippen molar-refractivity contribution in [3.8, 4) is 67.1 Å². The fourth-order valence-corrected chi connectivity index (χ4v) is 11.0. The smallest absolute Gasteiger partial charge is 0.0788 e. The number of benzene rings is 11. The van der Waals surface area contributed by atoms with Crippen molar-refractivity contribution < 1.29 is 0 Å². The van der Waals surface area contributed by atoms with Crippen LogP contribution in [0, 0.1) is 0 Å². The van der Waals surface area contributed by atoms with E-state index in [0.717, 1.165) is 50.0 Å². The van der Waals surface area contributed by atoms with Crippen molar-refractivity contribution >= 4 is 65.3 Å². The van der Waals surface area contributed by atoms with E-state index in [-0.39, 0.29) is 0 Å². The van der Waals surface area contributed by atoms with E-state index in [1.54, 1.807) is 0 Å². The van der Waals surface area contributed by atoms with Gasteiger partial charge >= 0.3 is 0 Å². The van der Waals surface area contributed by atoms with Gasteiger partial charge in [0.2, 0.25) is 0 Å². The summed E-state index contributed by atoms with van der Waals surface area (Å²) in [4.78, 5) is 5.45. The molecule has 14 aromatic rings. The molecule has 0 spiro atoms. The number of hydrogen-bond acceptors (Lipinski definition) is 1. The van der Waals surface area contributed by atoms with Gasteiger partial charge < -0.3 is 9.13 Å². The van der Waals surface area contributed by atoms with Crippen LogP contribution < -0.4 is 0 Å². The zero-order chi connectivity index (χ0) is 46.1. The van der Waals surface area contributed by atoms with E-state index in [4.69, 9.17) is 4.98 Å². The minimum atomic E-state index is 0.975. The first-order valence-electron chi connectivity index (χ1n) is 24.0. The van der Waals surface area contributed by atoms with E-state index in [9.17, 15) is 0 Å². The predicted octanol–water partition coefficient (Wildman–Crippen LogP) is 17.9. The molecule has 0 saturated heterocycles. The molecule has 0 unspecified atom stereocenters. The van der Waals surface area contributed by atoms with E-state index >= 15 is 0 Å². The third-order valence-electron chi connectivity index (χ3n) is 14.3. The first-order chi connectivity index (χ1) is 34.7. The Kier molecular flexibility index (Phi) is 9.21. The molecule has 0 radical (unpaired) electrons. The van der Waals surface area contributed by atoms with Crippen molar-refractivity contribution in [1.82, 2.24) is 14.1 Å². The Morgan fingerprint density at radius 3 is 1.23 bits per heavy atom. The Bertz CT molecular complexity index is 4140. The molecule has 0 aliphatic heterocycles. The molecule has 0 fully saturated rings. The summed E-state index contributed by atoms with van der Waals surface area (Å²) in [6.07, 6.45) is 0. The van der Waals surface area contributed by atoms with Crippen LogP contribution in [0.4, 0.5) is 0 Å². The Hall–Kier alpha value is -9.31. The zero-order valence-electron chi connectivity index (χ0n) is 38.2. The normalized spacial score (nSPS) is 11.7. The lowest BCUT2D eigenvalue weighted by atomic mass is 9.96. The average molecular weight is 890 g/mol. The highest BCUT2D eigenvalue weighted by atomic mass is 15.0. The van der Waals surface area contributed by atoms with Gasteiger partial charge in [0, 0.05) is 54.6 Å². The monoisotopic (exact) mass is 889 g/mol. The van der Waals surface area contributed by atoms with Crippen LogP contribution in [0.25, 0.3) is 132 Å². The first kappa shape index (κ1) is 39.8. The second-order valence-corrected chi connectivity index (χ2v) is 18.3. The molecule has 0 atom stereocenters. The number of nitrogens with zero attached hydrogens (tertiary/aromatic N) is 3. The van der Waals surface area contributed by atoms with Crippen LogP contribution in [0.3, 0.4) is 0 Å². The average Bonchev–Trinajstić information content (AvgIpc) is 3.96. The minimum Gasteiger partial charge on any atom is -0.309 e. The van der Waals surface area contributed by atoms with Gasteiger partial charge in [-0.15, -0.1) is 0 Å². The lowest BCUT2D eigenvalue weighted by Crippen LogP contribution is -1.96. The summed E-state index contributed by atoms with van der Waals surface area (Å²) in [5.74, 6) is 0. The number of rotatable bonds is 7. The van der Waals surface area contributed by atoms with Gasteiger partial charge in [-0.3, -0.25) is 0 Å². The van der Waals surface area contributed by atoms with E-state index < -0.39 is 0 Å². The van der Waals surface area contributed by atoms with Gasteiger partial charge in [0.1, 0.15) is 0 Å². The number of aromatic nitrogens is 3. The summed E-state index contributed by atoms with van der Waals surface area (Å²) < 4.78 is 4.85. The van der Waals surface area contributed by atoms with Crippen molar-refractivity contribution in [2.75, 3.05) is 0 Å². The Labute approximate surface area is 405 Å². The first-order valence-corrected chi connectivity index (χ1v) is 24.0. The fourth-order valence-electron chi connectivity index (χ4n) is 11.0. The van der Waals surface area contributed by atoms with Gasteiger partial charge in [-0.25, -0.2) is 4.98 Å². The second kappa shape index (κ2) is 16.2. The molecule has 70 heavy (non-hydrogen) atoms. The van der Waals surface area contributed by atoms with Crippen LogP contribution >= 0.6 is 0 Å². The molecule has 3 nitrogen and oxygen atoms in total. The van der Waals surface area contributed by atoms with Crippen molar-refractivity contribution in [1.29, 1.82) is 0 Å². The SMILES string of the molecule is c1ccc(-c2ccc(-c3ccc4c5ccc(-c6ccc(-c7ccccc7)cc6)cc5n(-c5ccc(-c6nc7ccccc7c7c6ccc6c7c7ccccc7n6-c6ccccc6)cc5)c4c3)cc2)cc1. The number of hydrogen-bond donors (Lipinski definition) is 0. The summed E-state index contributed by atoms with van der Waals surface area (Å²) in [6.45, 7) is 0. The van der Waals surface area contributed by atoms with Crippen molar-refractivity contribution in [3.05, 3.63) is 261 Å². The standard InChI is InChI=1S/C67H43N3/c1-4-14-44(15-5-1)46-24-28-48(29-25-46)51-34-38-55-56-39-35-52(49-30-26-47(27-31-49)45-16-6-2-7-17-45)43-64(56)70(63(55)42-51)54-36-32-50(33-37-54)67-59-40-41-62-66(65(59)57-20-10-12-22-60(57)68-67)58-21-11-13-23-61(58)69(62)53-18-8-3-9-19-53/h1-43H. The lowest BCUT2D eigenvalue weighted by Gasteiger charge is -2.14. The Morgan fingerprint density at radius 2 is 0.643 bits per heavy atom. The maximum absolute atomic E-state index is 5.45. The molecule has 0 aliphatic rings. The molecule has 11 aromatic carbocycles. The fraction of sp³-hybridized carbons (Fsp3) is 0. The largest absolute Gasteiger partial charge is 0.309 e. The van der Waals surface area contributed by atoms with Crippen LogP contribution in [0.5, 0.6) is 0 Å². The van der Waals surface area contributed by atoms with Gasteiger partial charge in [0.25, 0.3) is 0 Å². The van der Waals surface area contributed by atoms with E-state index in [1.807, 2.05) is 0 Å². The molecule has 0 N–H and O–H groups in total. The molecule has 14 rings (SSSR count). The maximum atomic E-state index is 5.45. The number of fused-ring (bicyclic) bond motifs is 10. The van der Waals surface area contributed by atoms with E-state index in [1.165, 1.54) is 82.5 Å². The predicted molar refractivity (Wildman–Crippen MR) is 295 cm³/mol. The molecule has 0 saturated carbocycles. The number of para-hydroxylation sites is 3. The van der Waals surface area contributed by atoms with Crippen molar-refractivity contribution in [2.24, 2.45) is 0 Å². The van der Waals surface area contributed by atoms with Crippen LogP contribution in [0.1, 0.15) is 0 Å². The van der Waals surface area contributed by atoms with Crippen LogP contribution in [-0.4, -0.2) is 14.1 Å². The molecule has 3 heteroatoms. The maximum Gasteiger partial charge on any atom is 0.0788 e. The molecule has 0 aliphatic carbocycles. The van der Waals surface area contributed by atoms with Gasteiger partial charge in [0.15, 0.2) is 0 Å². The molecule has 3 aromatic heterocycles.